The number of piperazine rings is 1. The van der Waals surface area contributed by atoms with Gasteiger partial charge in [-0.05, 0) is 42.7 Å². The lowest BCUT2D eigenvalue weighted by molar-refractivity contribution is 0.139. The molecule has 1 aromatic carbocycles. The summed E-state index contributed by atoms with van der Waals surface area (Å²) < 4.78 is 0. The second-order valence-corrected chi connectivity index (χ2v) is 6.43. The Morgan fingerprint density at radius 1 is 1.30 bits per heavy atom. The Morgan fingerprint density at radius 2 is 2.20 bits per heavy atom. The topological polar surface area (TPSA) is 15.3 Å². The molecule has 1 saturated heterocycles. The quantitative estimate of drug-likeness (QED) is 0.905. The van der Waals surface area contributed by atoms with E-state index in [1.807, 2.05) is 0 Å². The van der Waals surface area contributed by atoms with Gasteiger partial charge >= 0.3 is 0 Å². The fourth-order valence-corrected chi connectivity index (χ4v) is 3.99. The Kier molecular flexibility index (Phi) is 4.74. The first-order chi connectivity index (χ1) is 9.88. The molecule has 1 fully saturated rings. The van der Waals surface area contributed by atoms with E-state index in [9.17, 15) is 0 Å². The highest BCUT2D eigenvalue weighted by Crippen LogP contribution is 2.32. The first kappa shape index (κ1) is 14.1. The molecule has 1 N–H and O–H groups in total. The zero-order valence-corrected chi connectivity index (χ0v) is 12.8. The smallest absolute Gasteiger partial charge is 0.0221 e. The number of nitrogens with zero attached hydrogens (tertiary/aromatic N) is 1. The number of aryl methyl sites for hydroxylation is 1. The predicted molar refractivity (Wildman–Crippen MR) is 85.3 cm³/mol. The fourth-order valence-electron chi connectivity index (χ4n) is 3.99. The Hall–Kier alpha value is -0.860. The summed E-state index contributed by atoms with van der Waals surface area (Å²) in [5, 5.41) is 3.56. The van der Waals surface area contributed by atoms with Crippen LogP contribution in [0, 0.1) is 0 Å². The van der Waals surface area contributed by atoms with Gasteiger partial charge in [-0.3, -0.25) is 4.90 Å². The van der Waals surface area contributed by atoms with Gasteiger partial charge < -0.3 is 5.32 Å². The number of nitrogens with one attached hydrogen (secondary N) is 1. The van der Waals surface area contributed by atoms with Crippen molar-refractivity contribution < 1.29 is 0 Å². The van der Waals surface area contributed by atoms with E-state index in [1.165, 1.54) is 51.7 Å². The molecule has 110 valence electrons. The molecule has 0 bridgehead atoms. The molecule has 2 aliphatic rings. The molecule has 0 aromatic heterocycles. The van der Waals surface area contributed by atoms with Gasteiger partial charge in [-0.15, -0.1) is 0 Å². The third-order valence-electron chi connectivity index (χ3n) is 5.04. The Balaban J connectivity index is 1.71. The molecule has 1 aromatic rings. The fraction of sp³-hybridized carbons (Fsp3) is 0.667. The molecule has 0 amide bonds. The molecule has 1 aliphatic heterocycles. The van der Waals surface area contributed by atoms with E-state index in [0.29, 0.717) is 0 Å². The molecular formula is C18H28N2. The average molecular weight is 272 g/mol. The molecule has 1 heterocycles. The van der Waals surface area contributed by atoms with Crippen LogP contribution < -0.4 is 5.32 Å². The maximum absolute atomic E-state index is 3.56. The van der Waals surface area contributed by atoms with Crippen LogP contribution in [0.3, 0.4) is 0 Å². The monoisotopic (exact) mass is 272 g/mol. The second kappa shape index (κ2) is 6.73. The highest BCUT2D eigenvalue weighted by Gasteiger charge is 2.27. The van der Waals surface area contributed by atoms with Crippen molar-refractivity contribution in [2.75, 3.05) is 26.2 Å². The zero-order chi connectivity index (χ0) is 13.8. The van der Waals surface area contributed by atoms with Crippen LogP contribution in [0.5, 0.6) is 0 Å². The molecule has 1 aliphatic carbocycles. The van der Waals surface area contributed by atoms with Gasteiger partial charge in [0.2, 0.25) is 0 Å². The standard InChI is InChI=1S/C18H28N2/c1-2-6-17-13-19-11-12-20(17)14-16-9-5-8-15-7-3-4-10-18(15)16/h3-4,7,10,16-17,19H,2,5-6,8-9,11-14H2,1H3. The minimum absolute atomic E-state index is 0.753. The van der Waals surface area contributed by atoms with Crippen LogP contribution in [0.25, 0.3) is 0 Å². The van der Waals surface area contributed by atoms with Gasteiger partial charge in [0.25, 0.3) is 0 Å². The van der Waals surface area contributed by atoms with E-state index in [-0.39, 0.29) is 0 Å². The van der Waals surface area contributed by atoms with Crippen LogP contribution in [-0.2, 0) is 6.42 Å². The normalized spacial score (nSPS) is 27.2. The minimum atomic E-state index is 0.753. The number of benzene rings is 1. The van der Waals surface area contributed by atoms with E-state index in [0.717, 1.165) is 18.5 Å². The summed E-state index contributed by atoms with van der Waals surface area (Å²) in [4.78, 5) is 2.76. The minimum Gasteiger partial charge on any atom is -0.314 e. The van der Waals surface area contributed by atoms with Crippen molar-refractivity contribution in [1.29, 1.82) is 0 Å². The molecule has 0 spiro atoms. The molecule has 3 rings (SSSR count). The molecule has 2 atom stereocenters. The lowest BCUT2D eigenvalue weighted by atomic mass is 9.82. The predicted octanol–water partition coefficient (Wildman–Crippen LogP) is 3.18. The van der Waals surface area contributed by atoms with Crippen LogP contribution in [0.1, 0.15) is 49.7 Å². The first-order valence-electron chi connectivity index (χ1n) is 8.41. The summed E-state index contributed by atoms with van der Waals surface area (Å²) in [6.45, 7) is 7.15. The van der Waals surface area contributed by atoms with Crippen molar-refractivity contribution in [1.82, 2.24) is 10.2 Å². The van der Waals surface area contributed by atoms with E-state index in [4.69, 9.17) is 0 Å². The van der Waals surface area contributed by atoms with E-state index in [2.05, 4.69) is 41.4 Å². The van der Waals surface area contributed by atoms with E-state index in [1.54, 1.807) is 11.1 Å². The van der Waals surface area contributed by atoms with Crippen molar-refractivity contribution in [3.63, 3.8) is 0 Å². The van der Waals surface area contributed by atoms with Gasteiger partial charge in [-0.1, -0.05) is 37.6 Å². The summed E-state index contributed by atoms with van der Waals surface area (Å²) in [7, 11) is 0. The summed E-state index contributed by atoms with van der Waals surface area (Å²) in [6.07, 6.45) is 6.66. The van der Waals surface area contributed by atoms with Gasteiger partial charge in [-0.2, -0.15) is 0 Å². The van der Waals surface area contributed by atoms with Crippen molar-refractivity contribution in [3.05, 3.63) is 35.4 Å². The summed E-state index contributed by atoms with van der Waals surface area (Å²) in [5.41, 5.74) is 3.23. The summed E-state index contributed by atoms with van der Waals surface area (Å²) >= 11 is 0. The van der Waals surface area contributed by atoms with E-state index >= 15 is 0 Å². The van der Waals surface area contributed by atoms with Gasteiger partial charge in [-0.25, -0.2) is 0 Å². The largest absolute Gasteiger partial charge is 0.314 e. The average Bonchev–Trinajstić information content (AvgIpc) is 2.50. The lowest BCUT2D eigenvalue weighted by Crippen LogP contribution is -2.52. The van der Waals surface area contributed by atoms with Gasteiger partial charge in [0.1, 0.15) is 0 Å². The van der Waals surface area contributed by atoms with Crippen LogP contribution in [0.4, 0.5) is 0 Å². The maximum Gasteiger partial charge on any atom is 0.0221 e. The molecule has 0 radical (unpaired) electrons. The van der Waals surface area contributed by atoms with Crippen LogP contribution in [0.15, 0.2) is 24.3 Å². The Labute approximate surface area is 123 Å². The molecule has 0 saturated carbocycles. The summed E-state index contributed by atoms with van der Waals surface area (Å²) in [6, 6.07) is 9.88. The summed E-state index contributed by atoms with van der Waals surface area (Å²) in [5.74, 6) is 0.761. The third kappa shape index (κ3) is 3.07. The molecular weight excluding hydrogens is 244 g/mol. The van der Waals surface area contributed by atoms with E-state index < -0.39 is 0 Å². The maximum atomic E-state index is 3.56. The molecule has 2 nitrogen and oxygen atoms in total. The molecule has 20 heavy (non-hydrogen) atoms. The van der Waals surface area contributed by atoms with Crippen LogP contribution in [-0.4, -0.2) is 37.1 Å². The van der Waals surface area contributed by atoms with Crippen molar-refractivity contribution in [2.24, 2.45) is 0 Å². The highest BCUT2D eigenvalue weighted by atomic mass is 15.2. The lowest BCUT2D eigenvalue weighted by Gasteiger charge is -2.39. The van der Waals surface area contributed by atoms with Crippen LogP contribution in [0.2, 0.25) is 0 Å². The SMILES string of the molecule is CCCC1CNCCN1CC1CCCc2ccccc21. The number of hydrogen-bond donors (Lipinski definition) is 1. The number of hydrogen-bond acceptors (Lipinski definition) is 2. The second-order valence-electron chi connectivity index (χ2n) is 6.43. The first-order valence-corrected chi connectivity index (χ1v) is 8.41. The Morgan fingerprint density at radius 3 is 3.10 bits per heavy atom. The van der Waals surface area contributed by atoms with Crippen LogP contribution >= 0.6 is 0 Å². The number of fused-ring (bicyclic) bond motifs is 1. The van der Waals surface area contributed by atoms with Gasteiger partial charge in [0.15, 0.2) is 0 Å². The highest BCUT2D eigenvalue weighted by molar-refractivity contribution is 5.32. The third-order valence-corrected chi connectivity index (χ3v) is 5.04. The number of rotatable bonds is 4. The van der Waals surface area contributed by atoms with Crippen molar-refractivity contribution >= 4 is 0 Å². The van der Waals surface area contributed by atoms with Gasteiger partial charge in [0.05, 0.1) is 0 Å². The molecule has 2 heteroatoms. The zero-order valence-electron chi connectivity index (χ0n) is 12.8. The van der Waals surface area contributed by atoms with Crippen molar-refractivity contribution in [3.8, 4) is 0 Å². The van der Waals surface area contributed by atoms with Crippen molar-refractivity contribution in [2.45, 2.75) is 51.0 Å². The molecule has 2 unspecified atom stereocenters. The Bertz CT molecular complexity index is 427. The van der Waals surface area contributed by atoms with Gasteiger partial charge in [0, 0.05) is 32.2 Å².